The first-order valence-electron chi connectivity index (χ1n) is 12.7. The van der Waals surface area contributed by atoms with Crippen LogP contribution in [0.15, 0.2) is 60.7 Å². The van der Waals surface area contributed by atoms with Gasteiger partial charge in [-0.2, -0.15) is 0 Å². The lowest BCUT2D eigenvalue weighted by molar-refractivity contribution is 0.112. The van der Waals surface area contributed by atoms with Crippen molar-refractivity contribution in [3.8, 4) is 28.1 Å². The van der Waals surface area contributed by atoms with E-state index in [0.29, 0.717) is 19.1 Å². The fraction of sp³-hybridized carbons (Fsp3) is 0.323. The minimum Gasteiger partial charge on any atom is -0.490 e. The molecule has 0 amide bonds. The monoisotopic (exact) mass is 465 g/mol. The number of hydrogen-bond donors (Lipinski definition) is 0. The maximum Gasteiger partial charge on any atom is 0.150 e. The van der Waals surface area contributed by atoms with Crippen molar-refractivity contribution in [2.24, 2.45) is 0 Å². The molecule has 2 aliphatic rings. The van der Waals surface area contributed by atoms with Crippen molar-refractivity contribution in [2.75, 3.05) is 13.7 Å². The number of aldehydes is 1. The molecule has 1 aromatic heterocycles. The zero-order valence-electron chi connectivity index (χ0n) is 20.3. The van der Waals surface area contributed by atoms with Crippen LogP contribution >= 0.6 is 0 Å². The number of carbonyl (C=O) groups excluding carboxylic acids is 1. The third kappa shape index (κ3) is 3.77. The molecule has 0 bridgehead atoms. The van der Waals surface area contributed by atoms with E-state index < -0.39 is 0 Å². The molecule has 3 aromatic carbocycles. The van der Waals surface area contributed by atoms with Gasteiger partial charge < -0.3 is 14.0 Å². The van der Waals surface area contributed by atoms with Crippen molar-refractivity contribution in [1.29, 1.82) is 0 Å². The summed E-state index contributed by atoms with van der Waals surface area (Å²) in [6.07, 6.45) is 7.25. The van der Waals surface area contributed by atoms with E-state index in [0.717, 1.165) is 51.9 Å². The van der Waals surface area contributed by atoms with Crippen LogP contribution in [-0.4, -0.2) is 24.6 Å². The Morgan fingerprint density at radius 3 is 2.60 bits per heavy atom. The van der Waals surface area contributed by atoms with Gasteiger partial charge in [-0.15, -0.1) is 0 Å². The summed E-state index contributed by atoms with van der Waals surface area (Å²) in [4.78, 5) is 11.6. The fourth-order valence-corrected chi connectivity index (χ4v) is 6.19. The lowest BCUT2D eigenvalue weighted by atomic mass is 9.81. The zero-order valence-corrected chi connectivity index (χ0v) is 20.3. The maximum absolute atomic E-state index is 11.6. The van der Waals surface area contributed by atoms with Crippen LogP contribution in [0.1, 0.15) is 59.5 Å². The van der Waals surface area contributed by atoms with Gasteiger partial charge in [-0.25, -0.2) is 0 Å². The average Bonchev–Trinajstić information content (AvgIpc) is 3.10. The van der Waals surface area contributed by atoms with Crippen molar-refractivity contribution in [1.82, 2.24) is 4.57 Å². The van der Waals surface area contributed by atoms with Gasteiger partial charge in [0, 0.05) is 34.7 Å². The van der Waals surface area contributed by atoms with E-state index in [2.05, 4.69) is 59.2 Å². The number of para-hydroxylation sites is 1. The highest BCUT2D eigenvalue weighted by Crippen LogP contribution is 2.49. The summed E-state index contributed by atoms with van der Waals surface area (Å²) in [7, 11) is 1.74. The lowest BCUT2D eigenvalue weighted by Crippen LogP contribution is -2.07. The molecule has 2 heterocycles. The largest absolute Gasteiger partial charge is 0.490 e. The third-order valence-electron chi connectivity index (χ3n) is 7.72. The van der Waals surface area contributed by atoms with Gasteiger partial charge in [-0.1, -0.05) is 67.8 Å². The zero-order chi connectivity index (χ0) is 23.8. The quantitative estimate of drug-likeness (QED) is 0.289. The Hall–Kier alpha value is -3.37. The highest BCUT2D eigenvalue weighted by molar-refractivity contribution is 5.97. The van der Waals surface area contributed by atoms with Gasteiger partial charge in [0.15, 0.2) is 0 Å². The number of rotatable bonds is 5. The van der Waals surface area contributed by atoms with Gasteiger partial charge in [-0.05, 0) is 47.6 Å². The van der Waals surface area contributed by atoms with Gasteiger partial charge >= 0.3 is 0 Å². The number of methoxy groups -OCH3 is 1. The molecule has 0 atom stereocenters. The molecule has 1 fully saturated rings. The van der Waals surface area contributed by atoms with Crippen LogP contribution < -0.4 is 4.74 Å². The molecule has 4 heteroatoms. The molecule has 6 rings (SSSR count). The summed E-state index contributed by atoms with van der Waals surface area (Å²) in [5.74, 6) is 1.48. The number of ether oxygens (including phenoxy) is 2. The molecular weight excluding hydrogens is 434 g/mol. The van der Waals surface area contributed by atoms with Crippen LogP contribution in [-0.2, 0) is 17.9 Å². The SMILES string of the molecule is COCc1ccccc1-c1cccc2c1OCCn1c-2c(C2CCCCC2)c2ccc(C=O)cc21. The summed E-state index contributed by atoms with van der Waals surface area (Å²) < 4.78 is 14.4. The summed E-state index contributed by atoms with van der Waals surface area (Å²) in [6, 6.07) is 21.1. The van der Waals surface area contributed by atoms with Crippen molar-refractivity contribution in [3.05, 3.63) is 77.4 Å². The Morgan fingerprint density at radius 1 is 0.971 bits per heavy atom. The highest BCUT2D eigenvalue weighted by atomic mass is 16.5. The van der Waals surface area contributed by atoms with Crippen LogP contribution in [0.3, 0.4) is 0 Å². The van der Waals surface area contributed by atoms with Crippen LogP contribution in [0.25, 0.3) is 33.3 Å². The first kappa shape index (κ1) is 22.1. The maximum atomic E-state index is 11.6. The minimum absolute atomic E-state index is 0.528. The van der Waals surface area contributed by atoms with Crippen molar-refractivity contribution in [3.63, 3.8) is 0 Å². The first-order valence-corrected chi connectivity index (χ1v) is 12.7. The molecule has 0 radical (unpaired) electrons. The van der Waals surface area contributed by atoms with E-state index in [9.17, 15) is 4.79 Å². The molecule has 178 valence electrons. The summed E-state index contributed by atoms with van der Waals surface area (Å²) in [6.45, 7) is 1.90. The van der Waals surface area contributed by atoms with Crippen LogP contribution in [0.5, 0.6) is 5.75 Å². The smallest absolute Gasteiger partial charge is 0.150 e. The number of nitrogens with zero attached hydrogens (tertiary/aromatic N) is 1. The summed E-state index contributed by atoms with van der Waals surface area (Å²) in [5, 5.41) is 1.29. The molecule has 0 saturated heterocycles. The Morgan fingerprint density at radius 2 is 1.77 bits per heavy atom. The normalized spacial score (nSPS) is 15.8. The van der Waals surface area contributed by atoms with Gasteiger partial charge in [0.05, 0.1) is 18.8 Å². The second-order valence-corrected chi connectivity index (χ2v) is 9.76. The highest BCUT2D eigenvalue weighted by Gasteiger charge is 2.30. The van der Waals surface area contributed by atoms with Crippen LogP contribution in [0, 0.1) is 0 Å². The molecule has 1 saturated carbocycles. The van der Waals surface area contributed by atoms with Crippen molar-refractivity contribution in [2.45, 2.75) is 51.2 Å². The molecule has 4 aromatic rings. The average molecular weight is 466 g/mol. The van der Waals surface area contributed by atoms with E-state index >= 15 is 0 Å². The molecule has 0 N–H and O–H groups in total. The van der Waals surface area contributed by atoms with Crippen LogP contribution in [0.4, 0.5) is 0 Å². The molecular formula is C31H31NO3. The number of aromatic nitrogens is 1. The molecule has 0 unspecified atom stereocenters. The molecule has 1 aliphatic heterocycles. The second-order valence-electron chi connectivity index (χ2n) is 9.76. The van der Waals surface area contributed by atoms with E-state index in [1.807, 2.05) is 6.07 Å². The molecule has 35 heavy (non-hydrogen) atoms. The van der Waals surface area contributed by atoms with E-state index in [-0.39, 0.29) is 0 Å². The third-order valence-corrected chi connectivity index (χ3v) is 7.72. The number of fused-ring (bicyclic) bond motifs is 5. The number of hydrogen-bond acceptors (Lipinski definition) is 3. The minimum atomic E-state index is 0.528. The first-order chi connectivity index (χ1) is 17.3. The van der Waals surface area contributed by atoms with Gasteiger partial charge in [0.2, 0.25) is 0 Å². The lowest BCUT2D eigenvalue weighted by Gasteiger charge is -2.24. The predicted molar refractivity (Wildman–Crippen MR) is 140 cm³/mol. The molecule has 0 spiro atoms. The number of benzene rings is 3. The number of carbonyl (C=O) groups is 1. The Kier molecular flexibility index (Phi) is 5.91. The Bertz CT molecular complexity index is 1390. The van der Waals surface area contributed by atoms with E-state index in [1.54, 1.807) is 7.11 Å². The van der Waals surface area contributed by atoms with Gasteiger partial charge in [0.25, 0.3) is 0 Å². The Balaban J connectivity index is 1.63. The van der Waals surface area contributed by atoms with Crippen molar-refractivity contribution < 1.29 is 14.3 Å². The standard InChI is InChI=1S/C31H31NO3/c1-34-20-23-10-5-6-11-24(23)25-12-7-13-27-30-29(22-8-3-2-4-9-22)26-15-14-21(19-33)18-28(26)32(30)16-17-35-31(25)27/h5-7,10-15,18-19,22H,2-4,8-9,16-17,20H2,1H3. The van der Waals surface area contributed by atoms with Gasteiger partial charge in [0.1, 0.15) is 18.6 Å². The predicted octanol–water partition coefficient (Wildman–Crippen LogP) is 7.37. The van der Waals surface area contributed by atoms with Crippen molar-refractivity contribution >= 4 is 17.2 Å². The molecule has 1 aliphatic carbocycles. The van der Waals surface area contributed by atoms with Crippen LogP contribution in [0.2, 0.25) is 0 Å². The van der Waals surface area contributed by atoms with E-state index in [1.165, 1.54) is 48.7 Å². The molecule has 4 nitrogen and oxygen atoms in total. The second kappa shape index (κ2) is 9.35. The summed E-state index contributed by atoms with van der Waals surface area (Å²) in [5.41, 5.74) is 9.14. The Labute approximate surface area is 206 Å². The van der Waals surface area contributed by atoms with E-state index in [4.69, 9.17) is 9.47 Å². The van der Waals surface area contributed by atoms with Gasteiger partial charge in [-0.3, -0.25) is 4.79 Å². The topological polar surface area (TPSA) is 40.5 Å². The summed E-state index contributed by atoms with van der Waals surface area (Å²) >= 11 is 0. The fourth-order valence-electron chi connectivity index (χ4n) is 6.19.